The average molecular weight is 278 g/mol. The van der Waals surface area contributed by atoms with Crippen molar-refractivity contribution in [3.05, 3.63) is 40.8 Å². The normalized spacial score (nSPS) is 13.2. The second-order valence-electron chi connectivity index (χ2n) is 4.50. The van der Waals surface area contributed by atoms with Gasteiger partial charge in [-0.25, -0.2) is 4.79 Å². The van der Waals surface area contributed by atoms with Crippen LogP contribution in [-0.4, -0.2) is 29.1 Å². The number of nitrogens with zero attached hydrogens (tertiary/aromatic N) is 2. The third kappa shape index (κ3) is 4.34. The number of rotatable bonds is 8. The van der Waals surface area contributed by atoms with Crippen molar-refractivity contribution in [3.63, 3.8) is 0 Å². The molecule has 0 aliphatic heterocycles. The summed E-state index contributed by atoms with van der Waals surface area (Å²) in [6.07, 6.45) is 0.495. The number of carbonyl (C=O) groups is 1. The van der Waals surface area contributed by atoms with E-state index in [1.54, 1.807) is 24.3 Å². The van der Waals surface area contributed by atoms with E-state index in [2.05, 4.69) is 10.2 Å². The smallest absolute Gasteiger partial charge is 0.335 e. The van der Waals surface area contributed by atoms with Crippen LogP contribution in [0, 0.1) is 4.91 Å². The number of nitrogens with two attached hydrogens (primary N) is 2. The Morgan fingerprint density at radius 1 is 1.25 bits per heavy atom. The van der Waals surface area contributed by atoms with Crippen LogP contribution in [0.1, 0.15) is 18.4 Å². The summed E-state index contributed by atoms with van der Waals surface area (Å²) in [5, 5.41) is 12.2. The first-order valence-electron chi connectivity index (χ1n) is 6.17. The maximum Gasteiger partial charge on any atom is 0.335 e. The van der Waals surface area contributed by atoms with Crippen LogP contribution in [-0.2, 0) is 11.2 Å². The standard InChI is InChI=1S/C13H18N4O3/c14-12(15)16-8-4-7-13(17-20,11(18)19)9-10-5-2-1-3-6-10/h1-3,5-6H,4,7-9H2,(H,18,19)(H4,14,15,16)/t13-/m1/s1. The van der Waals surface area contributed by atoms with E-state index >= 15 is 0 Å². The van der Waals surface area contributed by atoms with Crippen molar-refractivity contribution in [2.24, 2.45) is 21.6 Å². The molecule has 1 rings (SSSR count). The number of nitroso groups, excluding NO2 is 1. The molecule has 7 heteroatoms. The molecule has 0 heterocycles. The molecular weight excluding hydrogens is 260 g/mol. The molecule has 0 unspecified atom stereocenters. The van der Waals surface area contributed by atoms with Crippen molar-refractivity contribution < 1.29 is 9.90 Å². The molecule has 0 amide bonds. The number of carboxylic acid groups (broad SMARTS) is 1. The number of benzene rings is 1. The number of guanidine groups is 1. The zero-order chi connectivity index (χ0) is 15.0. The first-order chi connectivity index (χ1) is 9.50. The number of carboxylic acids is 1. The van der Waals surface area contributed by atoms with Gasteiger partial charge in [0.05, 0.1) is 0 Å². The van der Waals surface area contributed by atoms with Gasteiger partial charge in [0.25, 0.3) is 0 Å². The van der Waals surface area contributed by atoms with Gasteiger partial charge in [-0.1, -0.05) is 35.5 Å². The van der Waals surface area contributed by atoms with E-state index in [4.69, 9.17) is 11.5 Å². The minimum absolute atomic E-state index is 0.0501. The van der Waals surface area contributed by atoms with Crippen LogP contribution in [0.4, 0.5) is 0 Å². The Bertz CT molecular complexity index is 486. The summed E-state index contributed by atoms with van der Waals surface area (Å²) in [7, 11) is 0. The van der Waals surface area contributed by atoms with Crippen LogP contribution in [0.25, 0.3) is 0 Å². The lowest BCUT2D eigenvalue weighted by atomic mass is 9.87. The Hall–Kier alpha value is -2.44. The first-order valence-corrected chi connectivity index (χ1v) is 6.17. The molecule has 20 heavy (non-hydrogen) atoms. The van der Waals surface area contributed by atoms with Crippen molar-refractivity contribution in [1.82, 2.24) is 0 Å². The summed E-state index contributed by atoms with van der Waals surface area (Å²) in [5.74, 6) is -1.30. The van der Waals surface area contributed by atoms with Gasteiger partial charge in [0.15, 0.2) is 5.96 Å². The zero-order valence-corrected chi connectivity index (χ0v) is 11.0. The minimum Gasteiger partial charge on any atom is -0.479 e. The van der Waals surface area contributed by atoms with Gasteiger partial charge in [0, 0.05) is 13.0 Å². The summed E-state index contributed by atoms with van der Waals surface area (Å²) in [4.78, 5) is 26.3. The molecule has 1 atom stereocenters. The van der Waals surface area contributed by atoms with E-state index in [1.165, 1.54) is 0 Å². The predicted octanol–water partition coefficient (Wildman–Crippen LogP) is 0.872. The lowest BCUT2D eigenvalue weighted by Gasteiger charge is -2.21. The second-order valence-corrected chi connectivity index (χ2v) is 4.50. The van der Waals surface area contributed by atoms with E-state index in [-0.39, 0.29) is 25.3 Å². The average Bonchev–Trinajstić information content (AvgIpc) is 2.43. The molecule has 7 nitrogen and oxygen atoms in total. The molecule has 0 aliphatic carbocycles. The van der Waals surface area contributed by atoms with Crippen molar-refractivity contribution in [2.75, 3.05) is 6.54 Å². The molecular formula is C13H18N4O3. The Balaban J connectivity index is 2.79. The molecule has 1 aromatic rings. The van der Waals surface area contributed by atoms with Crippen molar-refractivity contribution >= 4 is 11.9 Å². The van der Waals surface area contributed by atoms with E-state index in [0.29, 0.717) is 6.42 Å². The molecule has 5 N–H and O–H groups in total. The molecule has 0 radical (unpaired) electrons. The minimum atomic E-state index is -1.68. The Morgan fingerprint density at radius 2 is 1.90 bits per heavy atom. The van der Waals surface area contributed by atoms with Gasteiger partial charge in [0.2, 0.25) is 5.54 Å². The van der Waals surface area contributed by atoms with Crippen LogP contribution in [0.15, 0.2) is 40.5 Å². The second kappa shape index (κ2) is 7.22. The fourth-order valence-electron chi connectivity index (χ4n) is 1.90. The van der Waals surface area contributed by atoms with E-state index in [0.717, 1.165) is 5.56 Å². The number of aliphatic imine (C=N–C) groups is 1. The van der Waals surface area contributed by atoms with Crippen LogP contribution in [0.3, 0.4) is 0 Å². The van der Waals surface area contributed by atoms with Crippen molar-refractivity contribution in [1.29, 1.82) is 0 Å². The van der Waals surface area contributed by atoms with Gasteiger partial charge in [-0.2, -0.15) is 0 Å². The Morgan fingerprint density at radius 3 is 2.40 bits per heavy atom. The highest BCUT2D eigenvalue weighted by Crippen LogP contribution is 2.24. The molecule has 108 valence electrons. The molecule has 0 saturated carbocycles. The Labute approximate surface area is 116 Å². The maximum atomic E-state index is 11.4. The lowest BCUT2D eigenvalue weighted by molar-refractivity contribution is -0.143. The predicted molar refractivity (Wildman–Crippen MR) is 76.2 cm³/mol. The number of hydrogen-bond acceptors (Lipinski definition) is 4. The van der Waals surface area contributed by atoms with E-state index in [1.807, 2.05) is 6.07 Å². The summed E-state index contributed by atoms with van der Waals surface area (Å²) < 4.78 is 0. The van der Waals surface area contributed by atoms with E-state index in [9.17, 15) is 14.8 Å². The largest absolute Gasteiger partial charge is 0.479 e. The molecule has 0 fully saturated rings. The molecule has 0 aliphatic rings. The molecule has 0 bridgehead atoms. The van der Waals surface area contributed by atoms with Gasteiger partial charge < -0.3 is 16.6 Å². The van der Waals surface area contributed by atoms with Crippen molar-refractivity contribution in [2.45, 2.75) is 24.8 Å². The molecule has 0 spiro atoms. The van der Waals surface area contributed by atoms with Crippen molar-refractivity contribution in [3.8, 4) is 0 Å². The van der Waals surface area contributed by atoms with Gasteiger partial charge in [-0.3, -0.25) is 4.99 Å². The van der Waals surface area contributed by atoms with Crippen LogP contribution in [0.2, 0.25) is 0 Å². The third-order valence-electron chi connectivity index (χ3n) is 2.96. The Kier molecular flexibility index (Phi) is 5.64. The number of aliphatic carboxylic acids is 1. The lowest BCUT2D eigenvalue weighted by Crippen LogP contribution is -2.39. The summed E-state index contributed by atoms with van der Waals surface area (Å²) in [5.41, 5.74) is 9.44. The van der Waals surface area contributed by atoms with Gasteiger partial charge in [0.1, 0.15) is 0 Å². The summed E-state index contributed by atoms with van der Waals surface area (Å²) in [6.45, 7) is 0.266. The quantitative estimate of drug-likeness (QED) is 0.281. The fourth-order valence-corrected chi connectivity index (χ4v) is 1.90. The van der Waals surface area contributed by atoms with Crippen LogP contribution in [0.5, 0.6) is 0 Å². The first kappa shape index (κ1) is 15.6. The third-order valence-corrected chi connectivity index (χ3v) is 2.96. The highest BCUT2D eigenvalue weighted by molar-refractivity contribution is 5.79. The van der Waals surface area contributed by atoms with Gasteiger partial charge in [-0.05, 0) is 18.4 Å². The van der Waals surface area contributed by atoms with Gasteiger partial charge in [-0.15, -0.1) is 4.91 Å². The fraction of sp³-hybridized carbons (Fsp3) is 0.385. The maximum absolute atomic E-state index is 11.4. The SMILES string of the molecule is NC(N)=NCCC[C@](Cc1ccccc1)(N=O)C(=O)O. The van der Waals surface area contributed by atoms with Gasteiger partial charge >= 0.3 is 5.97 Å². The zero-order valence-electron chi connectivity index (χ0n) is 11.0. The van der Waals surface area contributed by atoms with Crippen LogP contribution >= 0.6 is 0 Å². The summed E-state index contributed by atoms with van der Waals surface area (Å²) in [6, 6.07) is 8.91. The molecule has 0 saturated heterocycles. The molecule has 1 aromatic carbocycles. The highest BCUT2D eigenvalue weighted by atomic mass is 16.4. The monoisotopic (exact) mass is 278 g/mol. The van der Waals surface area contributed by atoms with Crippen LogP contribution < -0.4 is 11.5 Å². The topological polar surface area (TPSA) is 131 Å². The van der Waals surface area contributed by atoms with E-state index < -0.39 is 11.5 Å². The highest BCUT2D eigenvalue weighted by Gasteiger charge is 2.40. The molecule has 0 aromatic heterocycles. The summed E-state index contributed by atoms with van der Waals surface area (Å²) >= 11 is 0. The number of hydrogen-bond donors (Lipinski definition) is 3.